The number of carbonyl (C=O) groups is 1. The van der Waals surface area contributed by atoms with E-state index in [4.69, 9.17) is 0 Å². The van der Waals surface area contributed by atoms with Crippen LogP contribution in [-0.4, -0.2) is 17.1 Å². The van der Waals surface area contributed by atoms with Crippen molar-refractivity contribution in [1.29, 1.82) is 0 Å². The van der Waals surface area contributed by atoms with Gasteiger partial charge in [0.2, 0.25) is 6.41 Å². The van der Waals surface area contributed by atoms with Gasteiger partial charge in [-0.05, 0) is 23.4 Å². The monoisotopic (exact) mass is 196 g/mol. The van der Waals surface area contributed by atoms with Crippen LogP contribution in [0, 0.1) is 0 Å². The number of hydrogen-bond acceptors (Lipinski definition) is 3. The third-order valence-corrected chi connectivity index (χ3v) is 2.29. The lowest BCUT2D eigenvalue weighted by molar-refractivity contribution is -0.109. The van der Waals surface area contributed by atoms with Crippen molar-refractivity contribution in [1.82, 2.24) is 10.3 Å². The van der Waals surface area contributed by atoms with Crippen LogP contribution in [0.5, 0.6) is 0 Å². The fourth-order valence-corrected chi connectivity index (χ4v) is 1.61. The Hall–Kier alpha value is -1.03. The van der Waals surface area contributed by atoms with E-state index in [0.717, 1.165) is 16.3 Å². The summed E-state index contributed by atoms with van der Waals surface area (Å²) in [4.78, 5) is 14.2. The molecule has 0 aromatic carbocycles. The summed E-state index contributed by atoms with van der Waals surface area (Å²) >= 11 is 1.70. The lowest BCUT2D eigenvalue weighted by atomic mass is 10.3. The molecule has 0 spiro atoms. The zero-order valence-corrected chi connectivity index (χ0v) is 8.30. The van der Waals surface area contributed by atoms with Crippen molar-refractivity contribution >= 4 is 18.2 Å². The molecule has 1 aromatic rings. The Bertz CT molecular complexity index is 278. The van der Waals surface area contributed by atoms with Crippen molar-refractivity contribution in [2.24, 2.45) is 0 Å². The first kappa shape index (κ1) is 10.1. The van der Waals surface area contributed by atoms with Crippen LogP contribution in [0.25, 0.3) is 0 Å². The third-order valence-electron chi connectivity index (χ3n) is 1.48. The van der Waals surface area contributed by atoms with Crippen molar-refractivity contribution in [2.45, 2.75) is 18.5 Å². The van der Waals surface area contributed by atoms with Crippen molar-refractivity contribution in [2.75, 3.05) is 5.75 Å². The molecule has 13 heavy (non-hydrogen) atoms. The molecular formula is C9H12N2OS. The Morgan fingerprint density at radius 3 is 3.23 bits per heavy atom. The largest absolute Gasteiger partial charge is 0.355 e. The maximum atomic E-state index is 10.1. The highest BCUT2D eigenvalue weighted by atomic mass is 32.2. The van der Waals surface area contributed by atoms with Gasteiger partial charge in [-0.2, -0.15) is 0 Å². The highest BCUT2D eigenvalue weighted by Gasteiger charge is 1.95. The van der Waals surface area contributed by atoms with Crippen LogP contribution in [0.4, 0.5) is 0 Å². The molecule has 1 aromatic heterocycles. The van der Waals surface area contributed by atoms with Gasteiger partial charge in [-0.3, -0.25) is 4.79 Å². The molecule has 1 amide bonds. The second kappa shape index (κ2) is 5.59. The topological polar surface area (TPSA) is 42.0 Å². The molecule has 1 N–H and O–H groups in total. The SMILES string of the molecule is CCSc1cc(CNC=O)ccn1. The Morgan fingerprint density at radius 1 is 1.69 bits per heavy atom. The van der Waals surface area contributed by atoms with Crippen LogP contribution >= 0.6 is 11.8 Å². The first-order chi connectivity index (χ1) is 6.36. The lowest BCUT2D eigenvalue weighted by Gasteiger charge is -2.01. The van der Waals surface area contributed by atoms with E-state index in [1.165, 1.54) is 0 Å². The molecule has 1 rings (SSSR count). The molecule has 0 aliphatic carbocycles. The van der Waals surface area contributed by atoms with Gasteiger partial charge in [-0.1, -0.05) is 6.92 Å². The normalized spacial score (nSPS) is 9.62. The van der Waals surface area contributed by atoms with E-state index in [2.05, 4.69) is 17.2 Å². The van der Waals surface area contributed by atoms with E-state index in [9.17, 15) is 4.79 Å². The smallest absolute Gasteiger partial charge is 0.207 e. The fraction of sp³-hybridized carbons (Fsp3) is 0.333. The Balaban J connectivity index is 2.61. The first-order valence-corrected chi connectivity index (χ1v) is 5.10. The van der Waals surface area contributed by atoms with E-state index in [1.54, 1.807) is 18.0 Å². The average molecular weight is 196 g/mol. The van der Waals surface area contributed by atoms with E-state index in [0.29, 0.717) is 13.0 Å². The molecule has 0 aliphatic heterocycles. The summed E-state index contributed by atoms with van der Waals surface area (Å²) in [5.74, 6) is 1.01. The van der Waals surface area contributed by atoms with Crippen LogP contribution < -0.4 is 5.32 Å². The molecule has 0 radical (unpaired) electrons. The predicted molar refractivity (Wildman–Crippen MR) is 53.5 cm³/mol. The van der Waals surface area contributed by atoms with Gasteiger partial charge in [0.1, 0.15) is 0 Å². The summed E-state index contributed by atoms with van der Waals surface area (Å²) in [6, 6.07) is 3.89. The number of hydrogen-bond donors (Lipinski definition) is 1. The number of rotatable bonds is 5. The molecule has 1 heterocycles. The van der Waals surface area contributed by atoms with Crippen LogP contribution in [-0.2, 0) is 11.3 Å². The van der Waals surface area contributed by atoms with Gasteiger partial charge >= 0.3 is 0 Å². The standard InChI is InChI=1S/C9H12N2OS/c1-2-13-9-5-8(3-4-11-9)6-10-7-12/h3-5,7H,2,6H2,1H3,(H,10,12). The Labute approximate surface area is 81.9 Å². The van der Waals surface area contributed by atoms with E-state index >= 15 is 0 Å². The van der Waals surface area contributed by atoms with E-state index < -0.39 is 0 Å². The fourth-order valence-electron chi connectivity index (χ4n) is 0.947. The zero-order chi connectivity index (χ0) is 9.52. The summed E-state index contributed by atoms with van der Waals surface area (Å²) < 4.78 is 0. The van der Waals surface area contributed by atoms with Crippen LogP contribution in [0.1, 0.15) is 12.5 Å². The zero-order valence-electron chi connectivity index (χ0n) is 7.49. The highest BCUT2D eigenvalue weighted by Crippen LogP contribution is 2.15. The van der Waals surface area contributed by atoms with Crippen molar-refractivity contribution in [3.8, 4) is 0 Å². The van der Waals surface area contributed by atoms with Crippen molar-refractivity contribution in [3.05, 3.63) is 23.9 Å². The number of thioether (sulfide) groups is 1. The summed E-state index contributed by atoms with van der Waals surface area (Å²) in [6.07, 6.45) is 2.47. The van der Waals surface area contributed by atoms with E-state index in [-0.39, 0.29) is 0 Å². The van der Waals surface area contributed by atoms with Crippen molar-refractivity contribution < 1.29 is 4.79 Å². The molecule has 0 saturated carbocycles. The average Bonchev–Trinajstić information content (AvgIpc) is 2.16. The first-order valence-electron chi connectivity index (χ1n) is 4.11. The van der Waals surface area contributed by atoms with Crippen molar-refractivity contribution in [3.63, 3.8) is 0 Å². The summed E-state index contributed by atoms with van der Waals surface area (Å²) in [5, 5.41) is 3.62. The number of carbonyl (C=O) groups excluding carboxylic acids is 1. The minimum Gasteiger partial charge on any atom is -0.355 e. The second-order valence-electron chi connectivity index (χ2n) is 2.43. The maximum absolute atomic E-state index is 10.1. The highest BCUT2D eigenvalue weighted by molar-refractivity contribution is 7.99. The Kier molecular flexibility index (Phi) is 4.32. The van der Waals surface area contributed by atoms with Gasteiger partial charge in [-0.25, -0.2) is 4.98 Å². The molecule has 70 valence electrons. The summed E-state index contributed by atoms with van der Waals surface area (Å²) in [7, 11) is 0. The van der Waals surface area contributed by atoms with Gasteiger partial charge in [0, 0.05) is 12.7 Å². The second-order valence-corrected chi connectivity index (χ2v) is 3.72. The molecule has 4 heteroatoms. The Morgan fingerprint density at radius 2 is 2.54 bits per heavy atom. The van der Waals surface area contributed by atoms with Gasteiger partial charge in [0.15, 0.2) is 0 Å². The summed E-state index contributed by atoms with van der Waals surface area (Å²) in [5.41, 5.74) is 1.08. The molecule has 0 aliphatic rings. The van der Waals surface area contributed by atoms with Gasteiger partial charge < -0.3 is 5.32 Å². The number of aromatic nitrogens is 1. The molecule has 0 atom stereocenters. The predicted octanol–water partition coefficient (Wildman–Crippen LogP) is 1.44. The third kappa shape index (κ3) is 3.46. The molecule has 3 nitrogen and oxygen atoms in total. The molecular weight excluding hydrogens is 184 g/mol. The maximum Gasteiger partial charge on any atom is 0.207 e. The van der Waals surface area contributed by atoms with E-state index in [1.807, 2.05) is 12.1 Å². The minimum absolute atomic E-state index is 0.573. The molecule has 0 unspecified atom stereocenters. The molecule has 0 bridgehead atoms. The summed E-state index contributed by atoms with van der Waals surface area (Å²) in [6.45, 7) is 2.66. The molecule has 0 saturated heterocycles. The van der Waals surface area contributed by atoms with Crippen LogP contribution in [0.3, 0.4) is 0 Å². The minimum atomic E-state index is 0.573. The quantitative estimate of drug-likeness (QED) is 0.572. The van der Waals surface area contributed by atoms with Crippen LogP contribution in [0.15, 0.2) is 23.4 Å². The lowest BCUT2D eigenvalue weighted by Crippen LogP contribution is -2.09. The number of pyridine rings is 1. The number of amides is 1. The van der Waals surface area contributed by atoms with Gasteiger partial charge in [-0.15, -0.1) is 11.8 Å². The number of nitrogens with zero attached hydrogens (tertiary/aromatic N) is 1. The molecule has 0 fully saturated rings. The van der Waals surface area contributed by atoms with Crippen LogP contribution in [0.2, 0.25) is 0 Å². The van der Waals surface area contributed by atoms with Gasteiger partial charge in [0.05, 0.1) is 5.03 Å². The number of nitrogens with one attached hydrogen (secondary N) is 1. The van der Waals surface area contributed by atoms with Gasteiger partial charge in [0.25, 0.3) is 0 Å².